The number of rotatable bonds is 7. The number of para-hydroxylation sites is 1. The van der Waals surface area contributed by atoms with E-state index in [1.165, 1.54) is 20.2 Å². The van der Waals surface area contributed by atoms with E-state index in [4.69, 9.17) is 4.74 Å². The number of carbonyl (C=O) groups excluding carboxylic acids is 1. The van der Waals surface area contributed by atoms with Crippen molar-refractivity contribution < 1.29 is 17.9 Å². The zero-order valence-corrected chi connectivity index (χ0v) is 19.8. The van der Waals surface area contributed by atoms with Crippen molar-refractivity contribution in [3.8, 4) is 5.75 Å². The van der Waals surface area contributed by atoms with Gasteiger partial charge in [-0.3, -0.25) is 4.79 Å². The second-order valence-electron chi connectivity index (χ2n) is 7.80. The minimum absolute atomic E-state index is 0.0699. The first-order valence-electron chi connectivity index (χ1n) is 9.85. The van der Waals surface area contributed by atoms with Gasteiger partial charge in [0.1, 0.15) is 5.75 Å². The standard InChI is InChI=1S/C22H27BrN2O4S/c1-25(2)30(27,28)20-14-16(10-11-18(20)23)21(26)24-15-22(12-6-7-13-22)17-8-4-5-9-19(17)29-3/h4-5,8-11,14H,6-7,12-13,15H2,1-3H3,(H,24,26). The number of ether oxygens (including phenoxy) is 1. The minimum atomic E-state index is -3.67. The summed E-state index contributed by atoms with van der Waals surface area (Å²) in [5, 5.41) is 3.04. The number of halogens is 1. The second-order valence-corrected chi connectivity index (χ2v) is 10.8. The number of benzene rings is 2. The molecule has 0 heterocycles. The molecule has 0 spiro atoms. The van der Waals surface area contributed by atoms with Crippen LogP contribution in [0, 0.1) is 0 Å². The smallest absolute Gasteiger partial charge is 0.251 e. The van der Waals surface area contributed by atoms with Crippen LogP contribution in [0.3, 0.4) is 0 Å². The lowest BCUT2D eigenvalue weighted by atomic mass is 9.78. The summed E-state index contributed by atoms with van der Waals surface area (Å²) in [5.41, 5.74) is 1.24. The van der Waals surface area contributed by atoms with Crippen molar-refractivity contribution in [2.24, 2.45) is 0 Å². The fourth-order valence-corrected chi connectivity index (χ4v) is 5.91. The molecule has 1 amide bonds. The average molecular weight is 495 g/mol. The Balaban J connectivity index is 1.86. The van der Waals surface area contributed by atoms with Gasteiger partial charge >= 0.3 is 0 Å². The summed E-state index contributed by atoms with van der Waals surface area (Å²) in [6.07, 6.45) is 4.12. The Kier molecular flexibility index (Phi) is 6.89. The molecule has 0 radical (unpaired) electrons. The number of amides is 1. The van der Waals surface area contributed by atoms with E-state index >= 15 is 0 Å². The molecule has 0 aliphatic heterocycles. The van der Waals surface area contributed by atoms with Crippen LogP contribution in [0.1, 0.15) is 41.6 Å². The zero-order chi connectivity index (χ0) is 21.9. The molecule has 2 aromatic carbocycles. The van der Waals surface area contributed by atoms with E-state index < -0.39 is 10.0 Å². The van der Waals surface area contributed by atoms with Gasteiger partial charge in [0.15, 0.2) is 0 Å². The third kappa shape index (κ3) is 4.40. The summed E-state index contributed by atoms with van der Waals surface area (Å²) in [5.74, 6) is 0.538. The number of methoxy groups -OCH3 is 1. The van der Waals surface area contributed by atoms with Gasteiger partial charge in [-0.05, 0) is 53.0 Å². The zero-order valence-electron chi connectivity index (χ0n) is 17.4. The molecule has 30 heavy (non-hydrogen) atoms. The van der Waals surface area contributed by atoms with E-state index in [1.807, 2.05) is 18.2 Å². The van der Waals surface area contributed by atoms with Gasteiger partial charge in [-0.25, -0.2) is 12.7 Å². The third-order valence-electron chi connectivity index (χ3n) is 5.78. The molecule has 3 rings (SSSR count). The quantitative estimate of drug-likeness (QED) is 0.631. The van der Waals surface area contributed by atoms with E-state index in [1.54, 1.807) is 19.2 Å². The molecule has 2 aromatic rings. The summed E-state index contributed by atoms with van der Waals surface area (Å²) < 4.78 is 32.2. The average Bonchev–Trinajstić information content (AvgIpc) is 3.22. The summed E-state index contributed by atoms with van der Waals surface area (Å²) in [6, 6.07) is 12.6. The number of hydrogen-bond acceptors (Lipinski definition) is 4. The lowest BCUT2D eigenvalue weighted by molar-refractivity contribution is 0.0942. The van der Waals surface area contributed by atoms with Crippen LogP contribution in [0.25, 0.3) is 0 Å². The molecular weight excluding hydrogens is 468 g/mol. The highest BCUT2D eigenvalue weighted by Crippen LogP contribution is 2.44. The highest BCUT2D eigenvalue weighted by molar-refractivity contribution is 9.10. The lowest BCUT2D eigenvalue weighted by Crippen LogP contribution is -2.39. The van der Waals surface area contributed by atoms with Gasteiger partial charge in [-0.1, -0.05) is 31.0 Å². The topological polar surface area (TPSA) is 75.7 Å². The molecule has 8 heteroatoms. The van der Waals surface area contributed by atoms with Gasteiger partial charge < -0.3 is 10.1 Å². The van der Waals surface area contributed by atoms with E-state index in [9.17, 15) is 13.2 Å². The third-order valence-corrected chi connectivity index (χ3v) is 8.59. The molecular formula is C22H27BrN2O4S. The SMILES string of the molecule is COc1ccccc1C1(CNC(=O)c2ccc(Br)c(S(=O)(=O)N(C)C)c2)CCCC1. The Labute approximate surface area is 186 Å². The van der Waals surface area contributed by atoms with Crippen molar-refractivity contribution in [3.05, 3.63) is 58.1 Å². The first-order chi connectivity index (χ1) is 14.2. The van der Waals surface area contributed by atoms with Crippen LogP contribution in [0.2, 0.25) is 0 Å². The van der Waals surface area contributed by atoms with Crippen molar-refractivity contribution in [2.45, 2.75) is 36.0 Å². The molecule has 0 saturated heterocycles. The van der Waals surface area contributed by atoms with Crippen molar-refractivity contribution in [2.75, 3.05) is 27.7 Å². The predicted molar refractivity (Wildman–Crippen MR) is 120 cm³/mol. The molecule has 1 aliphatic rings. The first kappa shape index (κ1) is 22.8. The molecule has 1 saturated carbocycles. The maximum Gasteiger partial charge on any atom is 0.251 e. The molecule has 1 N–H and O–H groups in total. The molecule has 0 aromatic heterocycles. The summed E-state index contributed by atoms with van der Waals surface area (Å²) in [6.45, 7) is 0.470. The van der Waals surface area contributed by atoms with Crippen LogP contribution in [0.5, 0.6) is 5.75 Å². The van der Waals surface area contributed by atoms with Crippen LogP contribution >= 0.6 is 15.9 Å². The van der Waals surface area contributed by atoms with Gasteiger partial charge in [0.25, 0.3) is 5.91 Å². The number of hydrogen-bond donors (Lipinski definition) is 1. The fraction of sp³-hybridized carbons (Fsp3) is 0.409. The van der Waals surface area contributed by atoms with Gasteiger partial charge in [-0.2, -0.15) is 0 Å². The molecule has 1 aliphatic carbocycles. The molecule has 0 bridgehead atoms. The predicted octanol–water partition coefficient (Wildman–Crippen LogP) is 3.95. The van der Waals surface area contributed by atoms with Crippen LogP contribution in [0.15, 0.2) is 51.8 Å². The van der Waals surface area contributed by atoms with Gasteiger partial charge in [0.2, 0.25) is 10.0 Å². The Morgan fingerprint density at radius 2 is 1.83 bits per heavy atom. The number of nitrogens with one attached hydrogen (secondary N) is 1. The van der Waals surface area contributed by atoms with E-state index in [-0.39, 0.29) is 16.2 Å². The van der Waals surface area contributed by atoms with Crippen LogP contribution in [0.4, 0.5) is 0 Å². The largest absolute Gasteiger partial charge is 0.496 e. The Bertz CT molecular complexity index is 1030. The first-order valence-corrected chi connectivity index (χ1v) is 12.1. The maximum atomic E-state index is 12.9. The van der Waals surface area contributed by atoms with Crippen LogP contribution in [-0.4, -0.2) is 46.4 Å². The van der Waals surface area contributed by atoms with E-state index in [0.717, 1.165) is 41.3 Å². The van der Waals surface area contributed by atoms with Crippen molar-refractivity contribution >= 4 is 31.9 Å². The monoisotopic (exact) mass is 494 g/mol. The van der Waals surface area contributed by atoms with E-state index in [0.29, 0.717) is 16.6 Å². The number of sulfonamides is 1. The maximum absolute atomic E-state index is 12.9. The molecule has 1 fully saturated rings. The fourth-order valence-electron chi connectivity index (χ4n) is 4.07. The normalized spacial score (nSPS) is 15.9. The van der Waals surface area contributed by atoms with Crippen molar-refractivity contribution in [1.29, 1.82) is 0 Å². The summed E-state index contributed by atoms with van der Waals surface area (Å²) >= 11 is 3.28. The molecule has 6 nitrogen and oxygen atoms in total. The van der Waals surface area contributed by atoms with E-state index in [2.05, 4.69) is 27.3 Å². The highest BCUT2D eigenvalue weighted by Gasteiger charge is 2.38. The minimum Gasteiger partial charge on any atom is -0.496 e. The van der Waals surface area contributed by atoms with Crippen LogP contribution < -0.4 is 10.1 Å². The molecule has 0 unspecified atom stereocenters. The highest BCUT2D eigenvalue weighted by atomic mass is 79.9. The van der Waals surface area contributed by atoms with Gasteiger partial charge in [-0.15, -0.1) is 0 Å². The van der Waals surface area contributed by atoms with Crippen molar-refractivity contribution in [1.82, 2.24) is 9.62 Å². The Morgan fingerprint density at radius 1 is 1.17 bits per heavy atom. The van der Waals surface area contributed by atoms with Crippen molar-refractivity contribution in [3.63, 3.8) is 0 Å². The number of carbonyl (C=O) groups is 1. The van der Waals surface area contributed by atoms with Gasteiger partial charge in [0, 0.05) is 41.7 Å². The van der Waals surface area contributed by atoms with Crippen LogP contribution in [-0.2, 0) is 15.4 Å². The molecule has 0 atom stereocenters. The van der Waals surface area contributed by atoms with Gasteiger partial charge in [0.05, 0.1) is 12.0 Å². The lowest BCUT2D eigenvalue weighted by Gasteiger charge is -2.31. The Morgan fingerprint density at radius 3 is 2.47 bits per heavy atom. The number of nitrogens with zero attached hydrogens (tertiary/aromatic N) is 1. The summed E-state index contributed by atoms with van der Waals surface area (Å²) in [4.78, 5) is 13.0. The summed E-state index contributed by atoms with van der Waals surface area (Å²) in [7, 11) is 0.921. The Hall–Kier alpha value is -1.90. The molecule has 162 valence electrons. The second kappa shape index (κ2) is 9.08.